The summed E-state index contributed by atoms with van der Waals surface area (Å²) in [5, 5.41) is 4.45. The SMILES string of the molecule is CC(C)(C)OC(=O)N1CCC(C)(c2cnn3c2[nH]c2cc(F)cc(C(N)=O)c23)CC1. The predicted molar refractivity (Wildman–Crippen MR) is 110 cm³/mol. The van der Waals surface area contributed by atoms with Crippen molar-refractivity contribution in [3.8, 4) is 0 Å². The lowest BCUT2D eigenvalue weighted by Crippen LogP contribution is -2.45. The average molecular weight is 415 g/mol. The number of fused-ring (bicyclic) bond motifs is 3. The Bertz CT molecular complexity index is 1150. The monoisotopic (exact) mass is 415 g/mol. The zero-order chi connectivity index (χ0) is 21.8. The summed E-state index contributed by atoms with van der Waals surface area (Å²) in [7, 11) is 0. The molecule has 30 heavy (non-hydrogen) atoms. The maximum Gasteiger partial charge on any atom is 0.410 e. The van der Waals surface area contributed by atoms with Crippen LogP contribution in [0.5, 0.6) is 0 Å². The van der Waals surface area contributed by atoms with E-state index in [1.807, 2.05) is 20.8 Å². The minimum Gasteiger partial charge on any atom is -0.444 e. The molecule has 0 atom stereocenters. The van der Waals surface area contributed by atoms with Gasteiger partial charge in [0.1, 0.15) is 22.6 Å². The van der Waals surface area contributed by atoms with E-state index in [0.717, 1.165) is 24.5 Å². The number of imidazole rings is 1. The number of carbonyl (C=O) groups is 2. The molecule has 0 spiro atoms. The molecule has 1 fully saturated rings. The van der Waals surface area contributed by atoms with Crippen LogP contribution in [0.4, 0.5) is 9.18 Å². The van der Waals surface area contributed by atoms with Gasteiger partial charge in [-0.1, -0.05) is 6.92 Å². The number of aromatic amines is 1. The number of rotatable bonds is 2. The van der Waals surface area contributed by atoms with Gasteiger partial charge >= 0.3 is 6.09 Å². The second-order valence-corrected chi connectivity index (χ2v) is 9.19. The van der Waals surface area contributed by atoms with E-state index in [-0.39, 0.29) is 17.1 Å². The molecule has 9 heteroatoms. The van der Waals surface area contributed by atoms with Crippen LogP contribution in [0.3, 0.4) is 0 Å². The lowest BCUT2D eigenvalue weighted by Gasteiger charge is -2.39. The van der Waals surface area contributed by atoms with E-state index < -0.39 is 17.3 Å². The number of nitrogens with one attached hydrogen (secondary N) is 1. The molecule has 8 nitrogen and oxygen atoms in total. The van der Waals surface area contributed by atoms with Crippen LogP contribution in [0.1, 0.15) is 56.5 Å². The molecule has 1 saturated heterocycles. The Morgan fingerprint density at radius 1 is 1.27 bits per heavy atom. The summed E-state index contributed by atoms with van der Waals surface area (Å²) < 4.78 is 21.0. The summed E-state index contributed by atoms with van der Waals surface area (Å²) in [6.07, 6.45) is 2.90. The highest BCUT2D eigenvalue weighted by Crippen LogP contribution is 2.38. The molecule has 0 aliphatic carbocycles. The largest absolute Gasteiger partial charge is 0.444 e. The van der Waals surface area contributed by atoms with Gasteiger partial charge in [0.15, 0.2) is 0 Å². The van der Waals surface area contributed by atoms with Crippen LogP contribution in [0.15, 0.2) is 18.3 Å². The molecule has 160 valence electrons. The Balaban J connectivity index is 1.67. The highest BCUT2D eigenvalue weighted by atomic mass is 19.1. The van der Waals surface area contributed by atoms with Crippen molar-refractivity contribution >= 4 is 28.7 Å². The number of hydrogen-bond donors (Lipinski definition) is 2. The third-order valence-electron chi connectivity index (χ3n) is 5.74. The van der Waals surface area contributed by atoms with Crippen LogP contribution in [0.2, 0.25) is 0 Å². The highest BCUT2D eigenvalue weighted by Gasteiger charge is 2.37. The number of hydrogen-bond acceptors (Lipinski definition) is 4. The molecule has 1 aliphatic heterocycles. The predicted octanol–water partition coefficient (Wildman–Crippen LogP) is 3.34. The number of nitrogens with zero attached hydrogens (tertiary/aromatic N) is 3. The molecule has 2 aromatic heterocycles. The van der Waals surface area contributed by atoms with Gasteiger partial charge in [-0.15, -0.1) is 0 Å². The fourth-order valence-corrected chi connectivity index (χ4v) is 4.10. The van der Waals surface area contributed by atoms with E-state index in [1.165, 1.54) is 6.07 Å². The van der Waals surface area contributed by atoms with E-state index in [2.05, 4.69) is 17.0 Å². The van der Waals surface area contributed by atoms with Crippen molar-refractivity contribution in [3.63, 3.8) is 0 Å². The van der Waals surface area contributed by atoms with Gasteiger partial charge in [-0.25, -0.2) is 13.7 Å². The molecule has 0 unspecified atom stereocenters. The lowest BCUT2D eigenvalue weighted by atomic mass is 9.75. The van der Waals surface area contributed by atoms with Crippen LogP contribution in [0.25, 0.3) is 16.7 Å². The van der Waals surface area contributed by atoms with Gasteiger partial charge in [-0.3, -0.25) is 4.79 Å². The molecule has 0 saturated carbocycles. The zero-order valence-corrected chi connectivity index (χ0v) is 17.6. The Morgan fingerprint density at radius 3 is 2.53 bits per heavy atom. The Hall–Kier alpha value is -3.10. The van der Waals surface area contributed by atoms with Crippen molar-refractivity contribution in [1.29, 1.82) is 0 Å². The molecular formula is C21H26FN5O3. The number of ether oxygens (including phenoxy) is 1. The average Bonchev–Trinajstić information content (AvgIpc) is 3.18. The number of aromatic nitrogens is 3. The third-order valence-corrected chi connectivity index (χ3v) is 5.74. The number of amides is 2. The molecule has 0 radical (unpaired) electrons. The molecule has 3 heterocycles. The minimum absolute atomic E-state index is 0.0794. The van der Waals surface area contributed by atoms with E-state index in [9.17, 15) is 14.0 Å². The molecule has 4 rings (SSSR count). The first kappa shape index (κ1) is 20.2. The van der Waals surface area contributed by atoms with Crippen LogP contribution in [0, 0.1) is 5.82 Å². The molecule has 2 amide bonds. The smallest absolute Gasteiger partial charge is 0.410 e. The standard InChI is InChI=1S/C21H26FN5O3/c1-20(2,3)30-19(29)26-7-5-21(4,6-8-26)14-11-24-27-16-13(17(23)28)9-12(22)10-15(16)25-18(14)27/h9-11,25H,5-8H2,1-4H3,(H2,23,28). The fraction of sp³-hybridized carbons (Fsp3) is 0.476. The summed E-state index contributed by atoms with van der Waals surface area (Å²) in [4.78, 5) is 29.1. The van der Waals surface area contributed by atoms with Gasteiger partial charge in [0.05, 0.1) is 17.3 Å². The highest BCUT2D eigenvalue weighted by molar-refractivity contribution is 6.05. The van der Waals surface area contributed by atoms with Gasteiger partial charge in [-0.05, 0) is 45.7 Å². The van der Waals surface area contributed by atoms with Crippen molar-refractivity contribution in [1.82, 2.24) is 19.5 Å². The summed E-state index contributed by atoms with van der Waals surface area (Å²) in [6, 6.07) is 2.45. The van der Waals surface area contributed by atoms with Crippen LogP contribution < -0.4 is 5.73 Å². The Morgan fingerprint density at radius 2 is 1.93 bits per heavy atom. The number of carbonyl (C=O) groups excluding carboxylic acids is 2. The molecule has 0 bridgehead atoms. The number of benzene rings is 1. The van der Waals surface area contributed by atoms with Crippen molar-refractivity contribution in [2.45, 2.75) is 51.6 Å². The fourth-order valence-electron chi connectivity index (χ4n) is 4.10. The molecule has 3 N–H and O–H groups in total. The first-order valence-electron chi connectivity index (χ1n) is 9.96. The number of piperidine rings is 1. The summed E-state index contributed by atoms with van der Waals surface area (Å²) >= 11 is 0. The van der Waals surface area contributed by atoms with Crippen LogP contribution >= 0.6 is 0 Å². The van der Waals surface area contributed by atoms with E-state index >= 15 is 0 Å². The van der Waals surface area contributed by atoms with Gasteiger partial charge in [0.2, 0.25) is 0 Å². The first-order chi connectivity index (χ1) is 14.0. The molecule has 1 aromatic carbocycles. The van der Waals surface area contributed by atoms with E-state index in [0.29, 0.717) is 29.8 Å². The summed E-state index contributed by atoms with van der Waals surface area (Å²) in [5.41, 5.74) is 7.33. The van der Waals surface area contributed by atoms with Crippen molar-refractivity contribution < 1.29 is 18.7 Å². The Labute approximate surface area is 173 Å². The van der Waals surface area contributed by atoms with Gasteiger partial charge in [0, 0.05) is 24.1 Å². The molecule has 3 aromatic rings. The van der Waals surface area contributed by atoms with E-state index in [1.54, 1.807) is 15.6 Å². The number of likely N-dealkylation sites (tertiary alicyclic amines) is 1. The van der Waals surface area contributed by atoms with Crippen molar-refractivity contribution in [2.75, 3.05) is 13.1 Å². The lowest BCUT2D eigenvalue weighted by molar-refractivity contribution is 0.0172. The number of halogens is 1. The quantitative estimate of drug-likeness (QED) is 0.669. The topological polar surface area (TPSA) is 106 Å². The molecule has 1 aliphatic rings. The minimum atomic E-state index is -0.714. The second-order valence-electron chi connectivity index (χ2n) is 9.19. The Kier molecular flexibility index (Phi) is 4.52. The van der Waals surface area contributed by atoms with Crippen molar-refractivity contribution in [2.24, 2.45) is 5.73 Å². The summed E-state index contributed by atoms with van der Waals surface area (Å²) in [6.45, 7) is 8.79. The summed E-state index contributed by atoms with van der Waals surface area (Å²) in [5.74, 6) is -1.26. The van der Waals surface area contributed by atoms with Crippen molar-refractivity contribution in [3.05, 3.63) is 35.3 Å². The number of H-pyrrole nitrogens is 1. The van der Waals surface area contributed by atoms with Crippen LogP contribution in [-0.2, 0) is 10.2 Å². The van der Waals surface area contributed by atoms with Gasteiger partial charge in [0.25, 0.3) is 5.91 Å². The normalized spacial score (nSPS) is 16.9. The zero-order valence-electron chi connectivity index (χ0n) is 17.6. The van der Waals surface area contributed by atoms with Gasteiger partial charge < -0.3 is 20.4 Å². The number of nitrogens with two attached hydrogens (primary N) is 1. The molecular weight excluding hydrogens is 389 g/mol. The maximum absolute atomic E-state index is 14.0. The third kappa shape index (κ3) is 3.38. The number of primary amides is 1. The van der Waals surface area contributed by atoms with E-state index in [4.69, 9.17) is 10.5 Å². The maximum atomic E-state index is 14.0. The second kappa shape index (κ2) is 6.72. The van der Waals surface area contributed by atoms with Gasteiger partial charge in [-0.2, -0.15) is 5.10 Å². The first-order valence-corrected chi connectivity index (χ1v) is 9.96. The van der Waals surface area contributed by atoms with Crippen LogP contribution in [-0.4, -0.2) is 50.2 Å².